The van der Waals surface area contributed by atoms with Crippen molar-refractivity contribution >= 4 is 45.8 Å². The molecule has 112 valence electrons. The van der Waals surface area contributed by atoms with Gasteiger partial charge in [0.1, 0.15) is 4.32 Å². The summed E-state index contributed by atoms with van der Waals surface area (Å²) in [6.45, 7) is 6.14. The minimum Gasteiger partial charge on any atom is -0.326 e. The minimum absolute atomic E-state index is 0.00989. The zero-order chi connectivity index (χ0) is 15.6. The van der Waals surface area contributed by atoms with Crippen molar-refractivity contribution in [1.29, 1.82) is 0 Å². The van der Waals surface area contributed by atoms with Gasteiger partial charge in [-0.25, -0.2) is 0 Å². The molecule has 1 aromatic carbocycles. The highest BCUT2D eigenvalue weighted by molar-refractivity contribution is 8.24. The Morgan fingerprint density at radius 1 is 1.43 bits per heavy atom. The summed E-state index contributed by atoms with van der Waals surface area (Å²) in [4.78, 5) is 25.4. The first-order chi connectivity index (χ1) is 9.88. The molecule has 1 atom stereocenters. The van der Waals surface area contributed by atoms with Gasteiger partial charge in [0.05, 0.1) is 5.25 Å². The molecule has 4 nitrogen and oxygen atoms in total. The monoisotopic (exact) mass is 322 g/mol. The van der Waals surface area contributed by atoms with Crippen molar-refractivity contribution in [3.05, 3.63) is 29.3 Å². The van der Waals surface area contributed by atoms with Crippen LogP contribution in [0.2, 0.25) is 0 Å². The normalized spacial score (nSPS) is 18.2. The summed E-state index contributed by atoms with van der Waals surface area (Å²) in [6.07, 6.45) is 0.243. The van der Waals surface area contributed by atoms with E-state index >= 15 is 0 Å². The zero-order valence-electron chi connectivity index (χ0n) is 12.3. The molecular formula is C15H18N2O2S2. The third-order valence-corrected chi connectivity index (χ3v) is 4.82. The molecule has 1 saturated heterocycles. The number of rotatable bonds is 4. The van der Waals surface area contributed by atoms with Crippen LogP contribution < -0.4 is 5.32 Å². The maximum atomic E-state index is 12.0. The van der Waals surface area contributed by atoms with Gasteiger partial charge in [0.15, 0.2) is 0 Å². The lowest BCUT2D eigenvalue weighted by Crippen LogP contribution is -2.33. The Balaban J connectivity index is 1.91. The molecule has 0 radical (unpaired) electrons. The number of aryl methyl sites for hydroxylation is 2. The minimum atomic E-state index is -0.139. The van der Waals surface area contributed by atoms with E-state index < -0.39 is 0 Å². The Labute approximate surface area is 134 Å². The molecule has 0 aromatic heterocycles. The van der Waals surface area contributed by atoms with E-state index in [1.54, 1.807) is 0 Å². The van der Waals surface area contributed by atoms with Gasteiger partial charge in [0.2, 0.25) is 11.8 Å². The van der Waals surface area contributed by atoms with Crippen LogP contribution in [0.25, 0.3) is 0 Å². The lowest BCUT2D eigenvalue weighted by atomic mass is 10.1. The van der Waals surface area contributed by atoms with Crippen LogP contribution in [0.3, 0.4) is 0 Å². The molecule has 1 aromatic rings. The van der Waals surface area contributed by atoms with E-state index in [0.717, 1.165) is 16.8 Å². The summed E-state index contributed by atoms with van der Waals surface area (Å²) in [6, 6.07) is 5.87. The summed E-state index contributed by atoms with van der Waals surface area (Å²) in [5, 5.41) is 2.74. The Bertz CT molecular complexity index is 601. The number of carbonyl (C=O) groups excluding carboxylic acids is 2. The SMILES string of the molecule is Cc1ccc(NC(=O)CCN2C(=O)C(C)SC2=S)c(C)c1. The van der Waals surface area contributed by atoms with Crippen LogP contribution in [0.4, 0.5) is 5.69 Å². The smallest absolute Gasteiger partial charge is 0.241 e. The zero-order valence-corrected chi connectivity index (χ0v) is 13.9. The number of hydrogen-bond donors (Lipinski definition) is 1. The van der Waals surface area contributed by atoms with E-state index in [4.69, 9.17) is 12.2 Å². The van der Waals surface area contributed by atoms with E-state index in [0.29, 0.717) is 10.9 Å². The maximum Gasteiger partial charge on any atom is 0.241 e. The fourth-order valence-electron chi connectivity index (χ4n) is 2.16. The number of thiocarbonyl (C=S) groups is 1. The van der Waals surface area contributed by atoms with Crippen LogP contribution >= 0.6 is 24.0 Å². The number of carbonyl (C=O) groups is 2. The molecule has 0 bridgehead atoms. The number of anilines is 1. The highest BCUT2D eigenvalue weighted by Gasteiger charge is 2.33. The van der Waals surface area contributed by atoms with Crippen LogP contribution in [-0.2, 0) is 9.59 Å². The summed E-state index contributed by atoms with van der Waals surface area (Å²) in [5.41, 5.74) is 2.99. The molecule has 0 aliphatic carbocycles. The van der Waals surface area contributed by atoms with E-state index in [9.17, 15) is 9.59 Å². The van der Waals surface area contributed by atoms with Gasteiger partial charge in [0.25, 0.3) is 0 Å². The Morgan fingerprint density at radius 3 is 2.71 bits per heavy atom. The molecule has 1 aliphatic heterocycles. The molecule has 6 heteroatoms. The molecule has 2 rings (SSSR count). The fraction of sp³-hybridized carbons (Fsp3) is 0.400. The first kappa shape index (κ1) is 16.0. The lowest BCUT2D eigenvalue weighted by Gasteiger charge is -2.15. The quantitative estimate of drug-likeness (QED) is 0.866. The Kier molecular flexibility index (Phi) is 5.00. The van der Waals surface area contributed by atoms with Crippen LogP contribution in [0.5, 0.6) is 0 Å². The first-order valence-electron chi connectivity index (χ1n) is 6.77. The third-order valence-electron chi connectivity index (χ3n) is 3.33. The fourth-order valence-corrected chi connectivity index (χ4v) is 3.61. The summed E-state index contributed by atoms with van der Waals surface area (Å²) < 4.78 is 0.562. The van der Waals surface area contributed by atoms with Crippen molar-refractivity contribution in [3.8, 4) is 0 Å². The molecule has 1 heterocycles. The van der Waals surface area contributed by atoms with Gasteiger partial charge in [-0.3, -0.25) is 14.5 Å². The van der Waals surface area contributed by atoms with Crippen LogP contribution in [0, 0.1) is 13.8 Å². The van der Waals surface area contributed by atoms with Crippen molar-refractivity contribution in [2.24, 2.45) is 0 Å². The van der Waals surface area contributed by atoms with Crippen LogP contribution in [-0.4, -0.2) is 32.8 Å². The molecule has 21 heavy (non-hydrogen) atoms. The van der Waals surface area contributed by atoms with Crippen molar-refractivity contribution in [2.45, 2.75) is 32.4 Å². The average Bonchev–Trinajstić information content (AvgIpc) is 2.65. The van der Waals surface area contributed by atoms with Crippen molar-refractivity contribution in [1.82, 2.24) is 4.90 Å². The molecule has 1 fully saturated rings. The van der Waals surface area contributed by atoms with Gasteiger partial charge in [-0.15, -0.1) is 0 Å². The predicted molar refractivity (Wildman–Crippen MR) is 90.5 cm³/mol. The van der Waals surface area contributed by atoms with Crippen molar-refractivity contribution < 1.29 is 9.59 Å². The number of benzene rings is 1. The topological polar surface area (TPSA) is 49.4 Å². The van der Waals surface area contributed by atoms with Gasteiger partial charge in [-0.2, -0.15) is 0 Å². The van der Waals surface area contributed by atoms with E-state index in [1.807, 2.05) is 39.0 Å². The Hall–Kier alpha value is -1.40. The number of hydrogen-bond acceptors (Lipinski definition) is 4. The average molecular weight is 322 g/mol. The van der Waals surface area contributed by atoms with E-state index in [2.05, 4.69) is 5.32 Å². The highest BCUT2D eigenvalue weighted by atomic mass is 32.2. The van der Waals surface area contributed by atoms with Gasteiger partial charge in [0, 0.05) is 18.7 Å². The number of nitrogens with one attached hydrogen (secondary N) is 1. The second kappa shape index (κ2) is 6.58. The van der Waals surface area contributed by atoms with Gasteiger partial charge >= 0.3 is 0 Å². The first-order valence-corrected chi connectivity index (χ1v) is 8.06. The van der Waals surface area contributed by atoms with Crippen LogP contribution in [0.1, 0.15) is 24.5 Å². The van der Waals surface area contributed by atoms with Crippen molar-refractivity contribution in [2.75, 3.05) is 11.9 Å². The molecule has 0 saturated carbocycles. The third kappa shape index (κ3) is 3.83. The van der Waals surface area contributed by atoms with Crippen LogP contribution in [0.15, 0.2) is 18.2 Å². The molecule has 2 amide bonds. The van der Waals surface area contributed by atoms with Gasteiger partial charge in [-0.05, 0) is 32.4 Å². The Morgan fingerprint density at radius 2 is 2.14 bits per heavy atom. The standard InChI is InChI=1S/C15H18N2O2S2/c1-9-4-5-12(10(2)8-9)16-13(18)6-7-17-14(19)11(3)21-15(17)20/h4-5,8,11H,6-7H2,1-3H3,(H,16,18). The van der Waals surface area contributed by atoms with Crippen molar-refractivity contribution in [3.63, 3.8) is 0 Å². The number of thioether (sulfide) groups is 1. The number of nitrogens with zero attached hydrogens (tertiary/aromatic N) is 1. The van der Waals surface area contributed by atoms with Gasteiger partial charge in [-0.1, -0.05) is 41.7 Å². The molecule has 1 aliphatic rings. The van der Waals surface area contributed by atoms with Gasteiger partial charge < -0.3 is 5.32 Å². The van der Waals surface area contributed by atoms with E-state index in [1.165, 1.54) is 16.7 Å². The highest BCUT2D eigenvalue weighted by Crippen LogP contribution is 2.26. The summed E-state index contributed by atoms with van der Waals surface area (Å²) >= 11 is 6.52. The second-order valence-corrected chi connectivity index (χ2v) is 7.11. The molecular weight excluding hydrogens is 304 g/mol. The maximum absolute atomic E-state index is 12.0. The van der Waals surface area contributed by atoms with E-state index in [-0.39, 0.29) is 23.5 Å². The summed E-state index contributed by atoms with van der Waals surface area (Å²) in [7, 11) is 0. The lowest BCUT2D eigenvalue weighted by molar-refractivity contribution is -0.126. The largest absolute Gasteiger partial charge is 0.326 e. The molecule has 1 unspecified atom stereocenters. The number of amides is 2. The molecule has 1 N–H and O–H groups in total. The molecule has 0 spiro atoms. The predicted octanol–water partition coefficient (Wildman–Crippen LogP) is 2.88. The second-order valence-electron chi connectivity index (χ2n) is 5.13. The summed E-state index contributed by atoms with van der Waals surface area (Å²) in [5.74, 6) is -0.119.